The van der Waals surface area contributed by atoms with Crippen LogP contribution in [0.4, 0.5) is 4.39 Å². The number of primary amides is 1. The van der Waals surface area contributed by atoms with Crippen LogP contribution >= 0.6 is 0 Å². The summed E-state index contributed by atoms with van der Waals surface area (Å²) in [6.45, 7) is 0.694. The summed E-state index contributed by atoms with van der Waals surface area (Å²) in [7, 11) is 1.58. The lowest BCUT2D eigenvalue weighted by Crippen LogP contribution is -2.58. The molecule has 0 spiro atoms. The summed E-state index contributed by atoms with van der Waals surface area (Å²) in [5.41, 5.74) is 4.75. The minimum atomic E-state index is -1.62. The normalized spacial score (nSPS) is 13.1. The molecular formula is C20H21FN4O4. The Bertz CT molecular complexity index is 1080. The first-order valence-corrected chi connectivity index (χ1v) is 8.81. The summed E-state index contributed by atoms with van der Waals surface area (Å²) in [5, 5.41) is 16.6. The molecule has 152 valence electrons. The third-order valence-corrected chi connectivity index (χ3v) is 4.62. The predicted octanol–water partition coefficient (Wildman–Crippen LogP) is 1.26. The number of halogens is 1. The zero-order valence-electron chi connectivity index (χ0n) is 16.0. The fraction of sp³-hybridized carbons (Fsp3) is 0.250. The van der Waals surface area contributed by atoms with Gasteiger partial charge in [-0.15, -0.1) is 0 Å². The van der Waals surface area contributed by atoms with Gasteiger partial charge in [-0.1, -0.05) is 18.2 Å². The van der Waals surface area contributed by atoms with E-state index in [9.17, 15) is 19.1 Å². The van der Waals surface area contributed by atoms with E-state index in [1.54, 1.807) is 43.4 Å². The summed E-state index contributed by atoms with van der Waals surface area (Å²) in [6.07, 6.45) is 0. The number of amides is 2. The first-order valence-electron chi connectivity index (χ1n) is 8.81. The average Bonchev–Trinajstić information content (AvgIpc) is 3.02. The van der Waals surface area contributed by atoms with E-state index < -0.39 is 24.0 Å². The second kappa shape index (κ2) is 7.88. The van der Waals surface area contributed by atoms with Gasteiger partial charge in [-0.3, -0.25) is 14.3 Å². The van der Waals surface area contributed by atoms with Crippen LogP contribution in [0.1, 0.15) is 23.0 Å². The molecule has 1 heterocycles. The molecule has 3 rings (SSSR count). The molecule has 1 unspecified atom stereocenters. The highest BCUT2D eigenvalue weighted by molar-refractivity contribution is 6.07. The van der Waals surface area contributed by atoms with Crippen molar-refractivity contribution in [1.29, 1.82) is 0 Å². The molecule has 8 nitrogen and oxygen atoms in total. The van der Waals surface area contributed by atoms with Crippen molar-refractivity contribution in [2.75, 3.05) is 6.61 Å². The number of nitrogens with two attached hydrogens (primary N) is 1. The Morgan fingerprint density at radius 2 is 2.03 bits per heavy atom. The van der Waals surface area contributed by atoms with Gasteiger partial charge >= 0.3 is 0 Å². The molecule has 0 aliphatic rings. The van der Waals surface area contributed by atoms with Crippen LogP contribution in [-0.4, -0.2) is 38.8 Å². The standard InChI is InChI=1S/C20H21FN4O4/c1-20(11-26,19(22)28)23-18(27)17-14-9-13(7-8-16(14)24-25(17)2)29-10-12-5-3-4-6-15(12)21/h3-9,26H,10-11H2,1-2H3,(H2,22,28)(H,23,27). The molecule has 3 aromatic rings. The highest BCUT2D eigenvalue weighted by Crippen LogP contribution is 2.25. The largest absolute Gasteiger partial charge is 0.489 e. The molecule has 29 heavy (non-hydrogen) atoms. The number of hydrogen-bond donors (Lipinski definition) is 3. The third-order valence-electron chi connectivity index (χ3n) is 4.62. The molecule has 4 N–H and O–H groups in total. The van der Waals surface area contributed by atoms with E-state index >= 15 is 0 Å². The number of aromatic nitrogens is 2. The van der Waals surface area contributed by atoms with Gasteiger partial charge in [0.05, 0.1) is 12.1 Å². The number of nitrogens with one attached hydrogen (secondary N) is 1. The van der Waals surface area contributed by atoms with Crippen molar-refractivity contribution in [2.24, 2.45) is 12.8 Å². The van der Waals surface area contributed by atoms with Crippen molar-refractivity contribution in [3.63, 3.8) is 0 Å². The van der Waals surface area contributed by atoms with Crippen LogP contribution < -0.4 is 15.8 Å². The monoisotopic (exact) mass is 400 g/mol. The summed E-state index contributed by atoms with van der Waals surface area (Å²) in [4.78, 5) is 24.4. The van der Waals surface area contributed by atoms with E-state index in [0.29, 0.717) is 22.2 Å². The van der Waals surface area contributed by atoms with Gasteiger partial charge in [0.15, 0.2) is 0 Å². The fourth-order valence-electron chi connectivity index (χ4n) is 2.80. The predicted molar refractivity (Wildman–Crippen MR) is 104 cm³/mol. The number of aliphatic hydroxyl groups is 1. The lowest BCUT2D eigenvalue weighted by atomic mass is 10.0. The van der Waals surface area contributed by atoms with Crippen molar-refractivity contribution in [1.82, 2.24) is 15.1 Å². The van der Waals surface area contributed by atoms with Crippen LogP contribution in [0.2, 0.25) is 0 Å². The first-order chi connectivity index (χ1) is 13.7. The van der Waals surface area contributed by atoms with E-state index in [0.717, 1.165) is 0 Å². The zero-order chi connectivity index (χ0) is 21.2. The highest BCUT2D eigenvalue weighted by atomic mass is 19.1. The molecule has 0 saturated heterocycles. The number of nitrogens with zero attached hydrogens (tertiary/aromatic N) is 2. The van der Waals surface area contributed by atoms with Crippen LogP contribution in [0.5, 0.6) is 5.75 Å². The Hall–Kier alpha value is -3.46. The van der Waals surface area contributed by atoms with Gasteiger partial charge in [-0.2, -0.15) is 5.10 Å². The van der Waals surface area contributed by atoms with Gasteiger partial charge in [0, 0.05) is 18.0 Å². The summed E-state index contributed by atoms with van der Waals surface area (Å²) >= 11 is 0. The Morgan fingerprint density at radius 1 is 1.31 bits per heavy atom. The minimum Gasteiger partial charge on any atom is -0.489 e. The number of hydrogen-bond acceptors (Lipinski definition) is 5. The molecule has 0 fully saturated rings. The van der Waals surface area contributed by atoms with Crippen molar-refractivity contribution >= 4 is 22.7 Å². The molecule has 1 atom stereocenters. The Labute approximate surface area is 166 Å². The van der Waals surface area contributed by atoms with Crippen molar-refractivity contribution in [2.45, 2.75) is 19.1 Å². The average molecular weight is 400 g/mol. The number of fused-ring (bicyclic) bond motifs is 1. The van der Waals surface area contributed by atoms with Gasteiger partial charge in [0.1, 0.15) is 29.4 Å². The maximum absolute atomic E-state index is 13.8. The molecule has 2 aromatic carbocycles. The molecule has 2 amide bonds. The third kappa shape index (κ3) is 4.04. The van der Waals surface area contributed by atoms with E-state index in [4.69, 9.17) is 10.5 Å². The van der Waals surface area contributed by atoms with Crippen molar-refractivity contribution in [3.8, 4) is 5.75 Å². The molecule has 1 aromatic heterocycles. The Kier molecular flexibility index (Phi) is 5.51. The number of benzene rings is 2. The van der Waals surface area contributed by atoms with Crippen molar-refractivity contribution in [3.05, 3.63) is 59.5 Å². The number of carbonyl (C=O) groups is 2. The summed E-state index contributed by atoms with van der Waals surface area (Å²) in [5.74, 6) is -1.45. The van der Waals surface area contributed by atoms with Gasteiger partial charge in [0.25, 0.3) is 5.91 Å². The van der Waals surface area contributed by atoms with Gasteiger partial charge in [-0.05, 0) is 31.2 Å². The zero-order valence-corrected chi connectivity index (χ0v) is 16.0. The molecule has 0 aliphatic carbocycles. The fourth-order valence-corrected chi connectivity index (χ4v) is 2.80. The number of ether oxygens (including phenoxy) is 1. The summed E-state index contributed by atoms with van der Waals surface area (Å²) in [6, 6.07) is 11.2. The van der Waals surface area contributed by atoms with E-state index in [2.05, 4.69) is 10.4 Å². The second-order valence-corrected chi connectivity index (χ2v) is 6.84. The lowest BCUT2D eigenvalue weighted by molar-refractivity contribution is -0.124. The van der Waals surface area contributed by atoms with E-state index in [1.165, 1.54) is 17.7 Å². The quantitative estimate of drug-likeness (QED) is 0.552. The van der Waals surface area contributed by atoms with Crippen LogP contribution in [0.25, 0.3) is 10.9 Å². The first kappa shape index (κ1) is 20.3. The maximum atomic E-state index is 13.8. The van der Waals surface area contributed by atoms with Gasteiger partial charge in [0.2, 0.25) is 5.91 Å². The molecule has 0 saturated carbocycles. The smallest absolute Gasteiger partial charge is 0.271 e. The van der Waals surface area contributed by atoms with Crippen LogP contribution in [0.3, 0.4) is 0 Å². The van der Waals surface area contributed by atoms with E-state index in [1.807, 2.05) is 0 Å². The SMILES string of the molecule is Cn1nc2ccc(OCc3ccccc3F)cc2c1C(=O)NC(C)(CO)C(N)=O. The van der Waals surface area contributed by atoms with Gasteiger partial charge in [-0.25, -0.2) is 4.39 Å². The molecular weight excluding hydrogens is 379 g/mol. The Balaban J connectivity index is 1.89. The van der Waals surface area contributed by atoms with E-state index in [-0.39, 0.29) is 18.1 Å². The number of rotatable bonds is 7. The number of aryl methyl sites for hydroxylation is 1. The molecule has 0 bridgehead atoms. The summed E-state index contributed by atoms with van der Waals surface area (Å²) < 4.78 is 20.8. The minimum absolute atomic E-state index is 0.0181. The number of carbonyl (C=O) groups excluding carboxylic acids is 2. The molecule has 0 radical (unpaired) electrons. The lowest BCUT2D eigenvalue weighted by Gasteiger charge is -2.24. The van der Waals surface area contributed by atoms with Crippen LogP contribution in [0.15, 0.2) is 42.5 Å². The van der Waals surface area contributed by atoms with Gasteiger partial charge < -0.3 is 20.9 Å². The maximum Gasteiger partial charge on any atom is 0.271 e. The second-order valence-electron chi connectivity index (χ2n) is 6.84. The Morgan fingerprint density at radius 3 is 2.69 bits per heavy atom. The highest BCUT2D eigenvalue weighted by Gasteiger charge is 2.33. The van der Waals surface area contributed by atoms with Crippen molar-refractivity contribution < 1.29 is 23.8 Å². The van der Waals surface area contributed by atoms with Crippen LogP contribution in [0, 0.1) is 5.82 Å². The number of aliphatic hydroxyl groups excluding tert-OH is 1. The van der Waals surface area contributed by atoms with Crippen LogP contribution in [-0.2, 0) is 18.4 Å². The molecule has 0 aliphatic heterocycles. The molecule has 9 heteroatoms. The topological polar surface area (TPSA) is 119 Å².